The molecule has 2 amide bonds. The molecule has 1 fully saturated rings. The van der Waals surface area contributed by atoms with Gasteiger partial charge in [0.25, 0.3) is 5.91 Å². The smallest absolute Gasteiger partial charge is 0.270 e. The van der Waals surface area contributed by atoms with Crippen LogP contribution in [0.3, 0.4) is 0 Å². The predicted octanol–water partition coefficient (Wildman–Crippen LogP) is 2.72. The lowest BCUT2D eigenvalue weighted by atomic mass is 9.95. The van der Waals surface area contributed by atoms with Crippen LogP contribution in [0.25, 0.3) is 0 Å². The number of hydrogen-bond donors (Lipinski definition) is 2. The Bertz CT molecular complexity index is 865. The average Bonchev–Trinajstić information content (AvgIpc) is 2.96. The standard InChI is InChI=1S/C20H24N4O3/c1-12-17(14(3)25)13(2)22-18(12)20(27)24-10-7-15(8-11-24)19(26)23-16-6-4-5-9-21-16/h4-6,9,15,22H,7-8,10-11H2,1-3H3,(H,21,23,26). The zero-order valence-electron chi connectivity index (χ0n) is 15.8. The molecule has 0 aromatic carbocycles. The molecule has 0 saturated carbocycles. The van der Waals surface area contributed by atoms with Gasteiger partial charge >= 0.3 is 0 Å². The van der Waals surface area contributed by atoms with Crippen molar-refractivity contribution in [2.45, 2.75) is 33.6 Å². The number of Topliss-reactive ketones (excluding diaryl/α,β-unsaturated/α-hetero) is 1. The van der Waals surface area contributed by atoms with Crippen molar-refractivity contribution in [3.8, 4) is 0 Å². The summed E-state index contributed by atoms with van der Waals surface area (Å²) >= 11 is 0. The van der Waals surface area contributed by atoms with E-state index in [0.29, 0.717) is 54.3 Å². The molecule has 142 valence electrons. The zero-order valence-corrected chi connectivity index (χ0v) is 15.8. The van der Waals surface area contributed by atoms with Gasteiger partial charge in [0.2, 0.25) is 5.91 Å². The maximum atomic E-state index is 12.8. The molecule has 0 aliphatic carbocycles. The van der Waals surface area contributed by atoms with Crippen LogP contribution in [0.5, 0.6) is 0 Å². The fourth-order valence-electron chi connectivity index (χ4n) is 3.66. The van der Waals surface area contributed by atoms with Gasteiger partial charge in [-0.25, -0.2) is 4.98 Å². The van der Waals surface area contributed by atoms with E-state index in [0.717, 1.165) is 0 Å². The van der Waals surface area contributed by atoms with Crippen LogP contribution in [0.15, 0.2) is 24.4 Å². The monoisotopic (exact) mass is 368 g/mol. The Morgan fingerprint density at radius 3 is 2.44 bits per heavy atom. The van der Waals surface area contributed by atoms with Crippen LogP contribution < -0.4 is 5.32 Å². The van der Waals surface area contributed by atoms with Crippen LogP contribution in [0, 0.1) is 19.8 Å². The second-order valence-corrected chi connectivity index (χ2v) is 6.95. The maximum Gasteiger partial charge on any atom is 0.270 e. The van der Waals surface area contributed by atoms with Gasteiger partial charge in [-0.1, -0.05) is 6.07 Å². The molecule has 1 aliphatic heterocycles. The minimum atomic E-state index is -0.143. The Morgan fingerprint density at radius 2 is 1.89 bits per heavy atom. The van der Waals surface area contributed by atoms with Crippen molar-refractivity contribution < 1.29 is 14.4 Å². The molecule has 0 bridgehead atoms. The highest BCUT2D eigenvalue weighted by Gasteiger charge is 2.30. The number of nitrogens with zero attached hydrogens (tertiary/aromatic N) is 2. The molecule has 0 unspecified atom stereocenters. The lowest BCUT2D eigenvalue weighted by molar-refractivity contribution is -0.121. The number of carbonyl (C=O) groups is 3. The topological polar surface area (TPSA) is 95.2 Å². The number of carbonyl (C=O) groups excluding carboxylic acids is 3. The minimum absolute atomic E-state index is 0.0507. The lowest BCUT2D eigenvalue weighted by Gasteiger charge is -2.31. The first-order valence-electron chi connectivity index (χ1n) is 9.09. The summed E-state index contributed by atoms with van der Waals surface area (Å²) in [7, 11) is 0. The highest BCUT2D eigenvalue weighted by Crippen LogP contribution is 2.24. The van der Waals surface area contributed by atoms with Gasteiger partial charge in [-0.2, -0.15) is 0 Å². The van der Waals surface area contributed by atoms with Crippen molar-refractivity contribution in [2.75, 3.05) is 18.4 Å². The van der Waals surface area contributed by atoms with Crippen molar-refractivity contribution in [3.05, 3.63) is 46.9 Å². The van der Waals surface area contributed by atoms with Crippen LogP contribution in [0.2, 0.25) is 0 Å². The van der Waals surface area contributed by atoms with E-state index >= 15 is 0 Å². The minimum Gasteiger partial charge on any atom is -0.354 e. The van der Waals surface area contributed by atoms with Crippen molar-refractivity contribution >= 4 is 23.4 Å². The number of nitrogens with one attached hydrogen (secondary N) is 2. The number of anilines is 1. The highest BCUT2D eigenvalue weighted by atomic mass is 16.2. The number of hydrogen-bond acceptors (Lipinski definition) is 4. The average molecular weight is 368 g/mol. The van der Waals surface area contributed by atoms with E-state index in [1.165, 1.54) is 6.92 Å². The van der Waals surface area contributed by atoms with E-state index in [1.54, 1.807) is 37.1 Å². The summed E-state index contributed by atoms with van der Waals surface area (Å²) in [5, 5.41) is 2.82. The van der Waals surface area contributed by atoms with Gasteiger partial charge in [-0.05, 0) is 51.3 Å². The molecule has 1 aliphatic rings. The fraction of sp³-hybridized carbons (Fsp3) is 0.400. The molecule has 1 saturated heterocycles. The molecular weight excluding hydrogens is 344 g/mol. The number of ketones is 1. The van der Waals surface area contributed by atoms with Gasteiger partial charge in [-0.15, -0.1) is 0 Å². The summed E-state index contributed by atoms with van der Waals surface area (Å²) in [5.74, 6) is 0.161. The molecule has 7 heteroatoms. The van der Waals surface area contributed by atoms with Gasteiger partial charge in [0, 0.05) is 36.5 Å². The van der Waals surface area contributed by atoms with E-state index < -0.39 is 0 Å². The van der Waals surface area contributed by atoms with Gasteiger partial charge in [0.1, 0.15) is 11.5 Å². The van der Waals surface area contributed by atoms with Gasteiger partial charge in [-0.3, -0.25) is 14.4 Å². The molecule has 0 radical (unpaired) electrons. The van der Waals surface area contributed by atoms with Crippen molar-refractivity contribution in [1.82, 2.24) is 14.9 Å². The second-order valence-electron chi connectivity index (χ2n) is 6.95. The molecule has 0 spiro atoms. The van der Waals surface area contributed by atoms with Gasteiger partial charge in [0.05, 0.1) is 0 Å². The number of likely N-dealkylation sites (tertiary alicyclic amines) is 1. The van der Waals surface area contributed by atoms with Crippen LogP contribution >= 0.6 is 0 Å². The second kappa shape index (κ2) is 7.73. The first kappa shape index (κ1) is 18.8. The lowest BCUT2D eigenvalue weighted by Crippen LogP contribution is -2.41. The van der Waals surface area contributed by atoms with Gasteiger partial charge < -0.3 is 15.2 Å². The number of pyridine rings is 1. The molecule has 3 rings (SSSR count). The number of amides is 2. The number of rotatable bonds is 4. The Morgan fingerprint density at radius 1 is 1.19 bits per heavy atom. The van der Waals surface area contributed by atoms with E-state index in [9.17, 15) is 14.4 Å². The van der Waals surface area contributed by atoms with Crippen LogP contribution in [0.4, 0.5) is 5.82 Å². The molecule has 7 nitrogen and oxygen atoms in total. The maximum absolute atomic E-state index is 12.8. The van der Waals surface area contributed by atoms with Crippen molar-refractivity contribution in [2.24, 2.45) is 5.92 Å². The fourth-order valence-corrected chi connectivity index (χ4v) is 3.66. The summed E-state index contributed by atoms with van der Waals surface area (Å²) in [6, 6.07) is 5.36. The summed E-state index contributed by atoms with van der Waals surface area (Å²) in [5.41, 5.74) is 2.46. The Kier molecular flexibility index (Phi) is 5.39. The third-order valence-corrected chi connectivity index (χ3v) is 5.07. The van der Waals surface area contributed by atoms with E-state index in [1.807, 2.05) is 6.07 Å². The molecule has 3 heterocycles. The first-order chi connectivity index (χ1) is 12.9. The summed E-state index contributed by atoms with van der Waals surface area (Å²) in [6.07, 6.45) is 2.83. The molecule has 2 aromatic rings. The number of piperidine rings is 1. The van der Waals surface area contributed by atoms with E-state index in [-0.39, 0.29) is 23.5 Å². The molecule has 0 atom stereocenters. The van der Waals surface area contributed by atoms with Crippen molar-refractivity contribution in [1.29, 1.82) is 0 Å². The SMILES string of the molecule is CC(=O)c1c(C)[nH]c(C(=O)N2CCC(C(=O)Nc3ccccn3)CC2)c1C. The zero-order chi connectivity index (χ0) is 19.6. The predicted molar refractivity (Wildman–Crippen MR) is 102 cm³/mol. The van der Waals surface area contributed by atoms with Crippen LogP contribution in [-0.2, 0) is 4.79 Å². The number of aromatic amines is 1. The van der Waals surface area contributed by atoms with Gasteiger partial charge in [0.15, 0.2) is 5.78 Å². The largest absolute Gasteiger partial charge is 0.354 e. The van der Waals surface area contributed by atoms with Crippen molar-refractivity contribution in [3.63, 3.8) is 0 Å². The molecule has 2 aromatic heterocycles. The Balaban J connectivity index is 1.62. The summed E-state index contributed by atoms with van der Waals surface area (Å²) in [4.78, 5) is 45.9. The van der Waals surface area contributed by atoms with E-state index in [2.05, 4.69) is 15.3 Å². The third kappa shape index (κ3) is 3.92. The molecule has 2 N–H and O–H groups in total. The summed E-state index contributed by atoms with van der Waals surface area (Å²) in [6.45, 7) is 6.11. The quantitative estimate of drug-likeness (QED) is 0.811. The number of aryl methyl sites for hydroxylation is 1. The third-order valence-electron chi connectivity index (χ3n) is 5.07. The van der Waals surface area contributed by atoms with Crippen LogP contribution in [0.1, 0.15) is 51.9 Å². The molecule has 27 heavy (non-hydrogen) atoms. The van der Waals surface area contributed by atoms with Crippen LogP contribution in [-0.4, -0.2) is 45.6 Å². The Hall–Kier alpha value is -2.96. The summed E-state index contributed by atoms with van der Waals surface area (Å²) < 4.78 is 0. The highest BCUT2D eigenvalue weighted by molar-refractivity contribution is 6.02. The first-order valence-corrected chi connectivity index (χ1v) is 9.09. The molecular formula is C20H24N4O3. The number of H-pyrrole nitrogens is 1. The number of aromatic nitrogens is 2. The normalized spacial score (nSPS) is 14.9. The Labute approximate surface area is 158 Å². The van der Waals surface area contributed by atoms with E-state index in [4.69, 9.17) is 0 Å².